The van der Waals surface area contributed by atoms with Crippen LogP contribution in [-0.2, 0) is 14.8 Å². The first-order valence-electron chi connectivity index (χ1n) is 7.55. The number of carbonyl (C=O) groups is 1. The maximum atomic E-state index is 12.5. The van der Waals surface area contributed by atoms with Crippen molar-refractivity contribution in [1.82, 2.24) is 4.72 Å². The lowest BCUT2D eigenvalue weighted by Crippen LogP contribution is -2.35. The lowest BCUT2D eigenvalue weighted by Gasteiger charge is -2.28. The second kappa shape index (κ2) is 6.22. The third-order valence-corrected chi connectivity index (χ3v) is 6.72. The van der Waals surface area contributed by atoms with E-state index in [1.807, 2.05) is 0 Å². The minimum Gasteiger partial charge on any atom is -0.311 e. The molecule has 0 saturated heterocycles. The van der Waals surface area contributed by atoms with Gasteiger partial charge in [0.1, 0.15) is 0 Å². The molecule has 0 aromatic heterocycles. The van der Waals surface area contributed by atoms with Gasteiger partial charge in [-0.15, -0.1) is 11.8 Å². The number of amides is 1. The number of sulfonamides is 1. The first kappa shape index (κ1) is 15.8. The largest absolute Gasteiger partial charge is 0.311 e. The Labute approximate surface area is 135 Å². The normalized spacial score (nSPS) is 19.2. The van der Waals surface area contributed by atoms with Crippen molar-refractivity contribution in [2.75, 3.05) is 17.2 Å². The van der Waals surface area contributed by atoms with Gasteiger partial charge in [-0.3, -0.25) is 4.79 Å². The van der Waals surface area contributed by atoms with Gasteiger partial charge in [0, 0.05) is 30.2 Å². The summed E-state index contributed by atoms with van der Waals surface area (Å²) in [7, 11) is -3.52. The number of fused-ring (bicyclic) bond motifs is 1. The van der Waals surface area contributed by atoms with Crippen LogP contribution in [0.2, 0.25) is 0 Å². The van der Waals surface area contributed by atoms with Crippen molar-refractivity contribution in [3.8, 4) is 0 Å². The lowest BCUT2D eigenvalue weighted by atomic mass is 10.2. The van der Waals surface area contributed by atoms with Crippen molar-refractivity contribution in [3.05, 3.63) is 18.2 Å². The molecule has 120 valence electrons. The molecule has 5 nitrogen and oxygen atoms in total. The summed E-state index contributed by atoms with van der Waals surface area (Å²) in [5.74, 6) is 0.777. The summed E-state index contributed by atoms with van der Waals surface area (Å²) in [4.78, 5) is 14.6. The molecule has 0 spiro atoms. The van der Waals surface area contributed by atoms with E-state index in [1.165, 1.54) is 6.92 Å². The second-order valence-electron chi connectivity index (χ2n) is 5.75. The van der Waals surface area contributed by atoms with E-state index in [0.717, 1.165) is 36.3 Å². The summed E-state index contributed by atoms with van der Waals surface area (Å²) in [6, 6.07) is 5.10. The third kappa shape index (κ3) is 3.16. The molecule has 2 aliphatic rings. The molecule has 1 aliphatic carbocycles. The summed E-state index contributed by atoms with van der Waals surface area (Å²) in [5.41, 5.74) is 0.707. The molecule has 1 aromatic rings. The molecule has 0 unspecified atom stereocenters. The number of hydrogen-bond acceptors (Lipinski definition) is 4. The van der Waals surface area contributed by atoms with Crippen molar-refractivity contribution in [1.29, 1.82) is 0 Å². The molecular formula is C15H20N2O3S2. The van der Waals surface area contributed by atoms with Crippen LogP contribution < -0.4 is 9.62 Å². The average molecular weight is 340 g/mol. The minimum absolute atomic E-state index is 0.0410. The highest BCUT2D eigenvalue weighted by atomic mass is 32.2. The molecule has 1 fully saturated rings. The predicted octanol–water partition coefficient (Wildman–Crippen LogP) is 2.37. The van der Waals surface area contributed by atoms with Crippen LogP contribution >= 0.6 is 11.8 Å². The van der Waals surface area contributed by atoms with Gasteiger partial charge < -0.3 is 4.90 Å². The molecule has 1 heterocycles. The van der Waals surface area contributed by atoms with E-state index in [0.29, 0.717) is 12.2 Å². The van der Waals surface area contributed by atoms with Gasteiger partial charge in [0.25, 0.3) is 0 Å². The summed E-state index contributed by atoms with van der Waals surface area (Å²) in [5, 5.41) is 0. The molecule has 0 atom stereocenters. The van der Waals surface area contributed by atoms with Crippen LogP contribution in [0.25, 0.3) is 0 Å². The molecule has 22 heavy (non-hydrogen) atoms. The van der Waals surface area contributed by atoms with Crippen molar-refractivity contribution >= 4 is 33.4 Å². The van der Waals surface area contributed by atoms with Gasteiger partial charge in [-0.1, -0.05) is 12.8 Å². The van der Waals surface area contributed by atoms with Crippen molar-refractivity contribution in [2.24, 2.45) is 0 Å². The molecule has 0 bridgehead atoms. The number of thioether (sulfide) groups is 1. The van der Waals surface area contributed by atoms with E-state index >= 15 is 0 Å². The summed E-state index contributed by atoms with van der Waals surface area (Å²) < 4.78 is 27.8. The van der Waals surface area contributed by atoms with Gasteiger partial charge in [-0.05, 0) is 31.0 Å². The Morgan fingerprint density at radius 2 is 2.05 bits per heavy atom. The third-order valence-electron chi connectivity index (χ3n) is 4.16. The zero-order valence-corrected chi connectivity index (χ0v) is 14.2. The highest BCUT2D eigenvalue weighted by Gasteiger charge is 2.26. The molecule has 1 N–H and O–H groups in total. The van der Waals surface area contributed by atoms with Crippen LogP contribution in [0.15, 0.2) is 28.0 Å². The van der Waals surface area contributed by atoms with E-state index in [1.54, 1.807) is 34.9 Å². The molecule has 1 saturated carbocycles. The molecule has 1 amide bonds. The molecular weight excluding hydrogens is 320 g/mol. The number of nitrogens with zero attached hydrogens (tertiary/aromatic N) is 1. The van der Waals surface area contributed by atoms with Crippen LogP contribution in [0.5, 0.6) is 0 Å². The zero-order chi connectivity index (χ0) is 15.7. The quantitative estimate of drug-likeness (QED) is 0.917. The van der Waals surface area contributed by atoms with E-state index < -0.39 is 10.0 Å². The topological polar surface area (TPSA) is 66.5 Å². The zero-order valence-electron chi connectivity index (χ0n) is 12.5. The maximum absolute atomic E-state index is 12.5. The number of nitrogens with one attached hydrogen (secondary N) is 1. The maximum Gasteiger partial charge on any atom is 0.240 e. The highest BCUT2D eigenvalue weighted by molar-refractivity contribution is 7.99. The fourth-order valence-electron chi connectivity index (χ4n) is 3.02. The Bertz CT molecular complexity index is 682. The van der Waals surface area contributed by atoms with Crippen LogP contribution in [0, 0.1) is 0 Å². The average Bonchev–Trinajstić information content (AvgIpc) is 2.98. The Morgan fingerprint density at radius 1 is 1.32 bits per heavy atom. The van der Waals surface area contributed by atoms with Crippen LogP contribution in [-0.4, -0.2) is 32.7 Å². The van der Waals surface area contributed by atoms with Gasteiger partial charge >= 0.3 is 0 Å². The summed E-state index contributed by atoms with van der Waals surface area (Å²) >= 11 is 1.65. The fourth-order valence-corrected chi connectivity index (χ4v) is 5.32. The minimum atomic E-state index is -3.52. The smallest absolute Gasteiger partial charge is 0.240 e. The van der Waals surface area contributed by atoms with Crippen LogP contribution in [0.1, 0.15) is 32.6 Å². The Kier molecular flexibility index (Phi) is 4.47. The van der Waals surface area contributed by atoms with Crippen LogP contribution in [0.4, 0.5) is 5.69 Å². The highest BCUT2D eigenvalue weighted by Crippen LogP contribution is 2.36. The summed E-state index contributed by atoms with van der Waals surface area (Å²) in [6.45, 7) is 2.13. The van der Waals surface area contributed by atoms with E-state index in [4.69, 9.17) is 0 Å². The number of carbonyl (C=O) groups excluding carboxylic acids is 1. The Balaban J connectivity index is 1.91. The summed E-state index contributed by atoms with van der Waals surface area (Å²) in [6.07, 6.45) is 3.96. The first-order chi connectivity index (χ1) is 10.5. The molecule has 1 aromatic carbocycles. The van der Waals surface area contributed by atoms with Crippen LogP contribution in [0.3, 0.4) is 0 Å². The van der Waals surface area contributed by atoms with Gasteiger partial charge in [-0.2, -0.15) is 0 Å². The lowest BCUT2D eigenvalue weighted by molar-refractivity contribution is -0.116. The molecule has 7 heteroatoms. The second-order valence-corrected chi connectivity index (χ2v) is 8.60. The van der Waals surface area contributed by atoms with Crippen molar-refractivity contribution < 1.29 is 13.2 Å². The molecule has 3 rings (SSSR count). The Hall–Kier alpha value is -1.05. The standard InChI is InChI=1S/C15H20N2O3S2/c1-11(18)17-8-9-21-15-7-6-13(10-14(15)17)22(19,20)16-12-4-2-3-5-12/h6-7,10,12,16H,2-5,8-9H2,1H3. The monoisotopic (exact) mass is 340 g/mol. The van der Waals surface area contributed by atoms with Crippen molar-refractivity contribution in [3.63, 3.8) is 0 Å². The fraction of sp³-hybridized carbons (Fsp3) is 0.533. The molecule has 0 radical (unpaired) electrons. The molecule has 1 aliphatic heterocycles. The SMILES string of the molecule is CC(=O)N1CCSc2ccc(S(=O)(=O)NC3CCCC3)cc21. The number of hydrogen-bond donors (Lipinski definition) is 1. The number of rotatable bonds is 3. The Morgan fingerprint density at radius 3 is 2.73 bits per heavy atom. The van der Waals surface area contributed by atoms with Gasteiger partial charge in [0.05, 0.1) is 10.6 Å². The predicted molar refractivity (Wildman–Crippen MR) is 87.8 cm³/mol. The van der Waals surface area contributed by atoms with E-state index in [9.17, 15) is 13.2 Å². The van der Waals surface area contributed by atoms with Gasteiger partial charge in [0.15, 0.2) is 0 Å². The van der Waals surface area contributed by atoms with Gasteiger partial charge in [-0.25, -0.2) is 13.1 Å². The van der Waals surface area contributed by atoms with E-state index in [-0.39, 0.29) is 16.8 Å². The van der Waals surface area contributed by atoms with Gasteiger partial charge in [0.2, 0.25) is 15.9 Å². The first-order valence-corrected chi connectivity index (χ1v) is 10.0. The number of benzene rings is 1. The number of anilines is 1. The van der Waals surface area contributed by atoms with E-state index in [2.05, 4.69) is 4.72 Å². The van der Waals surface area contributed by atoms with Crippen molar-refractivity contribution in [2.45, 2.75) is 48.4 Å².